The molecule has 0 unspecified atom stereocenters. The Labute approximate surface area is 162 Å². The van der Waals surface area contributed by atoms with Gasteiger partial charge in [0, 0.05) is 12.1 Å². The van der Waals surface area contributed by atoms with Crippen LogP contribution in [0.4, 0.5) is 10.1 Å². The molecule has 2 heterocycles. The first-order valence-electron chi connectivity index (χ1n) is 8.22. The van der Waals surface area contributed by atoms with Gasteiger partial charge in [0.1, 0.15) is 16.9 Å². The number of amides is 1. The molecule has 142 valence electrons. The number of carboxylic acids is 1. The highest BCUT2D eigenvalue weighted by atomic mass is 32.1. The lowest BCUT2D eigenvalue weighted by Gasteiger charge is -2.21. The Kier molecular flexibility index (Phi) is 4.47. The molecule has 1 aliphatic heterocycles. The third kappa shape index (κ3) is 3.41. The van der Waals surface area contributed by atoms with E-state index in [0.717, 1.165) is 11.7 Å². The minimum atomic E-state index is -1.82. The number of carbonyl (C=O) groups excluding carboxylic acids is 1. The van der Waals surface area contributed by atoms with E-state index in [9.17, 15) is 19.1 Å². The number of carbonyl (C=O) groups is 2. The quantitative estimate of drug-likeness (QED) is 0.681. The van der Waals surface area contributed by atoms with E-state index in [1.165, 1.54) is 24.3 Å². The highest BCUT2D eigenvalue weighted by Gasteiger charge is 2.49. The second-order valence-electron chi connectivity index (χ2n) is 6.31. The van der Waals surface area contributed by atoms with Crippen molar-refractivity contribution in [2.24, 2.45) is 5.16 Å². The number of rotatable bonds is 5. The predicted molar refractivity (Wildman–Crippen MR) is 99.7 cm³/mol. The summed E-state index contributed by atoms with van der Waals surface area (Å²) in [7, 11) is 0. The SMILES string of the molecule is O=C(C[C@]1(C(=O)O)CC(c2ccc(F)cc2)=NO1)Nc1ccc2nsnc2c1. The van der Waals surface area contributed by atoms with E-state index in [-0.39, 0.29) is 6.42 Å². The summed E-state index contributed by atoms with van der Waals surface area (Å²) < 4.78 is 21.3. The number of hydrogen-bond donors (Lipinski definition) is 2. The van der Waals surface area contributed by atoms with Crippen LogP contribution in [0.1, 0.15) is 18.4 Å². The number of hydrogen-bond acceptors (Lipinski definition) is 7. The zero-order chi connectivity index (χ0) is 19.7. The molecule has 0 fully saturated rings. The number of carboxylic acid groups (broad SMARTS) is 1. The standard InChI is InChI=1S/C18H13FN4O4S/c19-11-3-1-10(2-4-11)15-8-18(17(25)26,27-21-15)9-16(24)20-12-5-6-13-14(7-12)23-28-22-13/h1-7H,8-9H2,(H,20,24)(H,25,26)/t18-/m0/s1. The molecule has 0 saturated heterocycles. The predicted octanol–water partition coefficient (Wildman–Crippen LogP) is 2.81. The van der Waals surface area contributed by atoms with Gasteiger partial charge in [-0.1, -0.05) is 17.3 Å². The van der Waals surface area contributed by atoms with E-state index >= 15 is 0 Å². The van der Waals surface area contributed by atoms with Crippen molar-refractivity contribution in [3.05, 3.63) is 53.8 Å². The molecule has 2 aromatic carbocycles. The molecule has 3 aromatic rings. The van der Waals surface area contributed by atoms with E-state index < -0.39 is 29.7 Å². The van der Waals surface area contributed by atoms with Gasteiger partial charge in [-0.25, -0.2) is 9.18 Å². The van der Waals surface area contributed by atoms with Crippen LogP contribution < -0.4 is 5.32 Å². The first-order valence-corrected chi connectivity index (χ1v) is 8.95. The number of aromatic nitrogens is 2. The molecule has 2 N–H and O–H groups in total. The van der Waals surface area contributed by atoms with Gasteiger partial charge in [0.25, 0.3) is 0 Å². The number of nitrogens with one attached hydrogen (secondary N) is 1. The number of oxime groups is 1. The second kappa shape index (κ2) is 6.97. The lowest BCUT2D eigenvalue weighted by atomic mass is 9.90. The Balaban J connectivity index is 1.48. The van der Waals surface area contributed by atoms with Gasteiger partial charge in [0.2, 0.25) is 11.5 Å². The summed E-state index contributed by atoms with van der Waals surface area (Å²) in [6.07, 6.45) is -0.555. The van der Waals surface area contributed by atoms with E-state index in [4.69, 9.17) is 4.84 Å². The molecular weight excluding hydrogens is 387 g/mol. The molecule has 0 spiro atoms. The van der Waals surface area contributed by atoms with Gasteiger partial charge in [-0.05, 0) is 35.9 Å². The summed E-state index contributed by atoms with van der Waals surface area (Å²) in [5, 5.41) is 16.1. The van der Waals surface area contributed by atoms with E-state index in [1.807, 2.05) is 0 Å². The van der Waals surface area contributed by atoms with Crippen molar-refractivity contribution in [2.45, 2.75) is 18.4 Å². The Bertz CT molecular complexity index is 1100. The fourth-order valence-electron chi connectivity index (χ4n) is 2.88. The summed E-state index contributed by atoms with van der Waals surface area (Å²) >= 11 is 1.06. The van der Waals surface area contributed by atoms with Crippen molar-refractivity contribution in [3.8, 4) is 0 Å². The number of benzene rings is 2. The fourth-order valence-corrected chi connectivity index (χ4v) is 3.40. The molecule has 1 aliphatic rings. The molecule has 1 amide bonds. The van der Waals surface area contributed by atoms with Gasteiger partial charge < -0.3 is 15.3 Å². The van der Waals surface area contributed by atoms with Crippen molar-refractivity contribution in [2.75, 3.05) is 5.32 Å². The smallest absolute Gasteiger partial charge is 0.351 e. The normalized spacial score (nSPS) is 18.5. The van der Waals surface area contributed by atoms with Crippen LogP contribution in [0.25, 0.3) is 11.0 Å². The van der Waals surface area contributed by atoms with Crippen LogP contribution in [-0.4, -0.2) is 37.0 Å². The Morgan fingerprint density at radius 3 is 2.68 bits per heavy atom. The summed E-state index contributed by atoms with van der Waals surface area (Å²) in [4.78, 5) is 29.5. The minimum absolute atomic E-state index is 0.115. The number of anilines is 1. The van der Waals surface area contributed by atoms with Crippen LogP contribution in [0, 0.1) is 5.82 Å². The number of nitrogens with zero attached hydrogens (tertiary/aromatic N) is 3. The van der Waals surface area contributed by atoms with Crippen LogP contribution >= 0.6 is 11.7 Å². The topological polar surface area (TPSA) is 114 Å². The molecule has 0 bridgehead atoms. The maximum atomic E-state index is 13.1. The lowest BCUT2D eigenvalue weighted by Crippen LogP contribution is -2.42. The van der Waals surface area contributed by atoms with Gasteiger partial charge in [0.05, 0.1) is 23.9 Å². The maximum Gasteiger partial charge on any atom is 0.351 e. The highest BCUT2D eigenvalue weighted by molar-refractivity contribution is 7.00. The number of fused-ring (bicyclic) bond motifs is 1. The zero-order valence-corrected chi connectivity index (χ0v) is 15.1. The highest BCUT2D eigenvalue weighted by Crippen LogP contribution is 2.31. The van der Waals surface area contributed by atoms with E-state index in [2.05, 4.69) is 19.2 Å². The van der Waals surface area contributed by atoms with Gasteiger partial charge in [-0.3, -0.25) is 4.79 Å². The molecule has 1 atom stereocenters. The average Bonchev–Trinajstić information content (AvgIpc) is 3.29. The number of aliphatic carboxylic acids is 1. The number of halogens is 1. The minimum Gasteiger partial charge on any atom is -0.478 e. The van der Waals surface area contributed by atoms with Crippen LogP contribution in [0.3, 0.4) is 0 Å². The van der Waals surface area contributed by atoms with Crippen LogP contribution in [0.2, 0.25) is 0 Å². The van der Waals surface area contributed by atoms with Gasteiger partial charge >= 0.3 is 5.97 Å². The zero-order valence-electron chi connectivity index (χ0n) is 14.3. The molecule has 0 radical (unpaired) electrons. The molecule has 10 heteroatoms. The summed E-state index contributed by atoms with van der Waals surface area (Å²) in [6.45, 7) is 0. The fraction of sp³-hybridized carbons (Fsp3) is 0.167. The average molecular weight is 400 g/mol. The summed E-state index contributed by atoms with van der Waals surface area (Å²) in [5.74, 6) is -2.26. The first-order chi connectivity index (χ1) is 13.4. The third-order valence-corrected chi connectivity index (χ3v) is 4.89. The Morgan fingerprint density at radius 2 is 1.93 bits per heavy atom. The van der Waals surface area contributed by atoms with Crippen LogP contribution in [-0.2, 0) is 14.4 Å². The first kappa shape index (κ1) is 18.0. The molecule has 0 aliphatic carbocycles. The van der Waals surface area contributed by atoms with Gasteiger partial charge in [-0.2, -0.15) is 8.75 Å². The maximum absolute atomic E-state index is 13.1. The van der Waals surface area contributed by atoms with Crippen molar-refractivity contribution < 1.29 is 23.9 Å². The lowest BCUT2D eigenvalue weighted by molar-refractivity contribution is -0.165. The van der Waals surface area contributed by atoms with Crippen molar-refractivity contribution in [3.63, 3.8) is 0 Å². The summed E-state index contributed by atoms with van der Waals surface area (Å²) in [5.41, 5.74) is 0.872. The largest absolute Gasteiger partial charge is 0.478 e. The van der Waals surface area contributed by atoms with E-state index in [1.54, 1.807) is 18.2 Å². The molecule has 8 nitrogen and oxygen atoms in total. The molecule has 28 heavy (non-hydrogen) atoms. The van der Waals surface area contributed by atoms with Crippen LogP contribution in [0.15, 0.2) is 47.6 Å². The van der Waals surface area contributed by atoms with E-state index in [0.29, 0.717) is 28.0 Å². The van der Waals surface area contributed by atoms with Gasteiger partial charge in [0.15, 0.2) is 0 Å². The Hall–Kier alpha value is -3.40. The molecular formula is C18H13FN4O4S. The molecule has 0 saturated carbocycles. The van der Waals surface area contributed by atoms with Gasteiger partial charge in [-0.15, -0.1) is 0 Å². The van der Waals surface area contributed by atoms with Crippen LogP contribution in [0.5, 0.6) is 0 Å². The second-order valence-corrected chi connectivity index (χ2v) is 6.83. The molecule has 1 aromatic heterocycles. The third-order valence-electron chi connectivity index (χ3n) is 4.33. The van der Waals surface area contributed by atoms with Crippen molar-refractivity contribution >= 4 is 46.0 Å². The molecule has 4 rings (SSSR count). The van der Waals surface area contributed by atoms with Crippen molar-refractivity contribution in [1.29, 1.82) is 0 Å². The van der Waals surface area contributed by atoms with Crippen molar-refractivity contribution in [1.82, 2.24) is 8.75 Å². The Morgan fingerprint density at radius 1 is 1.18 bits per heavy atom. The monoisotopic (exact) mass is 400 g/mol. The summed E-state index contributed by atoms with van der Waals surface area (Å²) in [6, 6.07) is 10.5.